The summed E-state index contributed by atoms with van der Waals surface area (Å²) in [5.41, 5.74) is 6.28. The Hall–Kier alpha value is -2.40. The van der Waals surface area contributed by atoms with Crippen molar-refractivity contribution < 1.29 is 4.79 Å². The Balaban J connectivity index is 1.26. The van der Waals surface area contributed by atoms with Gasteiger partial charge in [0, 0.05) is 50.7 Å². The molecule has 0 saturated carbocycles. The summed E-state index contributed by atoms with van der Waals surface area (Å²) in [6, 6.07) is 11.5. The maximum Gasteiger partial charge on any atom is 0.317 e. The molecule has 2 aromatic rings. The van der Waals surface area contributed by atoms with Gasteiger partial charge in [-0.2, -0.15) is 0 Å². The van der Waals surface area contributed by atoms with Crippen LogP contribution in [0.5, 0.6) is 0 Å². The normalized spacial score (nSPS) is 19.9. The number of nitrogens with one attached hydrogen (secondary N) is 1. The molecule has 28 heavy (non-hydrogen) atoms. The van der Waals surface area contributed by atoms with E-state index < -0.39 is 0 Å². The van der Waals surface area contributed by atoms with Gasteiger partial charge in [0.15, 0.2) is 0 Å². The van der Waals surface area contributed by atoms with Crippen molar-refractivity contribution in [2.75, 3.05) is 26.2 Å². The molecule has 2 amide bonds. The van der Waals surface area contributed by atoms with Crippen LogP contribution in [-0.2, 0) is 19.4 Å². The maximum absolute atomic E-state index is 12.6. The quantitative estimate of drug-likeness (QED) is 0.893. The molecule has 2 heterocycles. The van der Waals surface area contributed by atoms with Crippen LogP contribution in [-0.4, -0.2) is 53.0 Å². The minimum atomic E-state index is 0.0358. The van der Waals surface area contributed by atoms with E-state index in [1.807, 2.05) is 18.0 Å². The average molecular weight is 379 g/mol. The number of aryl methyl sites for hydroxylation is 3. The molecule has 0 bridgehead atoms. The highest BCUT2D eigenvalue weighted by atomic mass is 16.2. The van der Waals surface area contributed by atoms with Crippen molar-refractivity contribution in [2.45, 2.75) is 45.7 Å². The molecule has 1 atom stereocenters. The predicted octanol–water partition coefficient (Wildman–Crippen LogP) is 3.08. The minimum Gasteiger partial charge on any atom is -0.334 e. The molecule has 1 aromatic carbocycles. The van der Waals surface area contributed by atoms with Gasteiger partial charge in [-0.25, -0.2) is 4.79 Å². The van der Waals surface area contributed by atoms with Crippen LogP contribution in [0.15, 0.2) is 36.5 Å². The number of pyridine rings is 1. The average Bonchev–Trinajstić information content (AvgIpc) is 2.72. The molecule has 1 aromatic heterocycles. The van der Waals surface area contributed by atoms with Crippen molar-refractivity contribution in [3.63, 3.8) is 0 Å². The Morgan fingerprint density at radius 2 is 1.89 bits per heavy atom. The van der Waals surface area contributed by atoms with Gasteiger partial charge >= 0.3 is 6.03 Å². The predicted molar refractivity (Wildman–Crippen MR) is 111 cm³/mol. The van der Waals surface area contributed by atoms with E-state index in [1.54, 1.807) is 0 Å². The lowest BCUT2D eigenvalue weighted by atomic mass is 9.87. The summed E-state index contributed by atoms with van der Waals surface area (Å²) in [6.07, 6.45) is 5.40. The Kier molecular flexibility index (Phi) is 5.62. The lowest BCUT2D eigenvalue weighted by molar-refractivity contribution is 0.101. The van der Waals surface area contributed by atoms with Crippen molar-refractivity contribution in [1.29, 1.82) is 0 Å². The van der Waals surface area contributed by atoms with Gasteiger partial charge in [-0.3, -0.25) is 9.88 Å². The molecule has 5 nitrogen and oxygen atoms in total. The van der Waals surface area contributed by atoms with Gasteiger partial charge in [0.1, 0.15) is 0 Å². The summed E-state index contributed by atoms with van der Waals surface area (Å²) in [5, 5.41) is 3.06. The summed E-state index contributed by atoms with van der Waals surface area (Å²) in [6.45, 7) is 8.12. The number of rotatable bonds is 3. The van der Waals surface area contributed by atoms with Crippen LogP contribution >= 0.6 is 0 Å². The lowest BCUT2D eigenvalue weighted by Crippen LogP contribution is -2.55. The van der Waals surface area contributed by atoms with Gasteiger partial charge in [-0.1, -0.05) is 24.3 Å². The van der Waals surface area contributed by atoms with Gasteiger partial charge in [0.05, 0.1) is 0 Å². The van der Waals surface area contributed by atoms with Crippen LogP contribution in [0.2, 0.25) is 0 Å². The fourth-order valence-electron chi connectivity index (χ4n) is 4.47. The zero-order chi connectivity index (χ0) is 19.5. The highest BCUT2D eigenvalue weighted by molar-refractivity contribution is 5.74. The summed E-state index contributed by atoms with van der Waals surface area (Å²) < 4.78 is 0. The molecule has 2 aliphatic rings. The van der Waals surface area contributed by atoms with E-state index in [4.69, 9.17) is 0 Å². The largest absolute Gasteiger partial charge is 0.334 e. The SMILES string of the molecule is Cc1cc(C)c(CNC(=O)N2CCN(C3CCc4ccccc4C3)CC2)cn1. The van der Waals surface area contributed by atoms with Crippen LogP contribution in [0.25, 0.3) is 0 Å². The zero-order valence-corrected chi connectivity index (χ0v) is 16.9. The van der Waals surface area contributed by atoms with Crippen molar-refractivity contribution in [1.82, 2.24) is 20.1 Å². The van der Waals surface area contributed by atoms with E-state index >= 15 is 0 Å². The molecule has 0 spiro atoms. The Bertz CT molecular complexity index is 842. The second kappa shape index (κ2) is 8.31. The molecule has 0 radical (unpaired) electrons. The molecular weight excluding hydrogens is 348 g/mol. The summed E-state index contributed by atoms with van der Waals surface area (Å²) in [4.78, 5) is 21.4. The molecule has 1 aliphatic heterocycles. The number of urea groups is 1. The molecule has 5 heteroatoms. The van der Waals surface area contributed by atoms with Crippen molar-refractivity contribution in [2.24, 2.45) is 0 Å². The molecule has 1 unspecified atom stereocenters. The third-order valence-electron chi connectivity index (χ3n) is 6.22. The fraction of sp³-hybridized carbons (Fsp3) is 0.478. The Morgan fingerprint density at radius 1 is 1.14 bits per heavy atom. The van der Waals surface area contributed by atoms with Gasteiger partial charge in [0.25, 0.3) is 0 Å². The number of amides is 2. The second-order valence-corrected chi connectivity index (χ2v) is 8.10. The van der Waals surface area contributed by atoms with E-state index in [0.29, 0.717) is 12.6 Å². The molecule has 1 aliphatic carbocycles. The highest BCUT2D eigenvalue weighted by Gasteiger charge is 2.28. The number of hydrogen-bond donors (Lipinski definition) is 1. The number of carbonyl (C=O) groups is 1. The molecule has 1 saturated heterocycles. The topological polar surface area (TPSA) is 48.5 Å². The third kappa shape index (κ3) is 4.20. The fourth-order valence-corrected chi connectivity index (χ4v) is 4.47. The standard InChI is InChI=1S/C23H30N4O/c1-17-13-18(2)24-15-21(17)16-25-23(28)27-11-9-26(10-12-27)22-8-7-19-5-3-4-6-20(19)14-22/h3-6,13,15,22H,7-12,14,16H2,1-2H3,(H,25,28). The van der Waals surface area contributed by atoms with E-state index in [9.17, 15) is 4.79 Å². The van der Waals surface area contributed by atoms with E-state index in [1.165, 1.54) is 29.5 Å². The first-order chi connectivity index (χ1) is 13.6. The number of hydrogen-bond acceptors (Lipinski definition) is 3. The van der Waals surface area contributed by atoms with Gasteiger partial charge in [-0.05, 0) is 61.4 Å². The first-order valence-corrected chi connectivity index (χ1v) is 10.4. The van der Waals surface area contributed by atoms with Gasteiger partial charge in [0.2, 0.25) is 0 Å². The monoisotopic (exact) mass is 378 g/mol. The van der Waals surface area contributed by atoms with Crippen molar-refractivity contribution in [3.8, 4) is 0 Å². The van der Waals surface area contributed by atoms with E-state index in [0.717, 1.165) is 43.9 Å². The zero-order valence-electron chi connectivity index (χ0n) is 16.9. The summed E-state index contributed by atoms with van der Waals surface area (Å²) >= 11 is 0. The smallest absolute Gasteiger partial charge is 0.317 e. The van der Waals surface area contributed by atoms with Gasteiger partial charge < -0.3 is 10.2 Å². The number of piperazine rings is 1. The molecule has 1 N–H and O–H groups in total. The first-order valence-electron chi connectivity index (χ1n) is 10.4. The number of benzene rings is 1. The van der Waals surface area contributed by atoms with E-state index in [-0.39, 0.29) is 6.03 Å². The van der Waals surface area contributed by atoms with Crippen LogP contribution in [0.4, 0.5) is 4.79 Å². The van der Waals surface area contributed by atoms with Crippen LogP contribution in [0.3, 0.4) is 0 Å². The number of aromatic nitrogens is 1. The highest BCUT2D eigenvalue weighted by Crippen LogP contribution is 2.25. The second-order valence-electron chi connectivity index (χ2n) is 8.10. The van der Waals surface area contributed by atoms with Gasteiger partial charge in [-0.15, -0.1) is 0 Å². The molecule has 4 rings (SSSR count). The van der Waals surface area contributed by atoms with E-state index in [2.05, 4.69) is 52.5 Å². The molecular formula is C23H30N4O. The summed E-state index contributed by atoms with van der Waals surface area (Å²) in [7, 11) is 0. The third-order valence-corrected chi connectivity index (χ3v) is 6.22. The summed E-state index contributed by atoms with van der Waals surface area (Å²) in [5.74, 6) is 0. The number of carbonyl (C=O) groups excluding carboxylic acids is 1. The van der Waals surface area contributed by atoms with Crippen LogP contribution in [0, 0.1) is 13.8 Å². The Morgan fingerprint density at radius 3 is 2.64 bits per heavy atom. The minimum absolute atomic E-state index is 0.0358. The Labute approximate surface area is 167 Å². The van der Waals surface area contributed by atoms with Crippen molar-refractivity contribution in [3.05, 3.63) is 64.5 Å². The van der Waals surface area contributed by atoms with Crippen LogP contribution < -0.4 is 5.32 Å². The molecule has 148 valence electrons. The molecule has 1 fully saturated rings. The maximum atomic E-state index is 12.6. The van der Waals surface area contributed by atoms with Crippen molar-refractivity contribution >= 4 is 6.03 Å². The number of nitrogens with zero attached hydrogens (tertiary/aromatic N) is 3. The first kappa shape index (κ1) is 18.9. The number of fused-ring (bicyclic) bond motifs is 1. The van der Waals surface area contributed by atoms with Crippen LogP contribution in [0.1, 0.15) is 34.4 Å². The lowest BCUT2D eigenvalue weighted by Gasteiger charge is -2.41.